The highest BCUT2D eigenvalue weighted by atomic mass is 35.5. The molecule has 6 nitrogen and oxygen atoms in total. The molecule has 1 amide bonds. The lowest BCUT2D eigenvalue weighted by Gasteiger charge is -2.31. The number of nitrogens with zero attached hydrogens (tertiary/aromatic N) is 2. The molecule has 3 aromatic rings. The van der Waals surface area contributed by atoms with Crippen molar-refractivity contribution < 1.29 is 18.0 Å². The first-order valence-electron chi connectivity index (χ1n) is 10.4. The van der Waals surface area contributed by atoms with E-state index in [4.69, 9.17) is 11.6 Å². The van der Waals surface area contributed by atoms with Crippen molar-refractivity contribution in [3.8, 4) is 11.4 Å². The Hall–Kier alpha value is -3.33. The summed E-state index contributed by atoms with van der Waals surface area (Å²) < 4.78 is 39.9. The average Bonchev–Trinajstić information content (AvgIpc) is 2.79. The summed E-state index contributed by atoms with van der Waals surface area (Å²) in [5, 5.41) is 3.00. The highest BCUT2D eigenvalue weighted by Crippen LogP contribution is 2.36. The number of H-pyrrole nitrogens is 1. The van der Waals surface area contributed by atoms with Crippen LogP contribution >= 0.6 is 11.6 Å². The van der Waals surface area contributed by atoms with E-state index in [-0.39, 0.29) is 17.1 Å². The second-order valence-electron chi connectivity index (χ2n) is 7.71. The molecule has 4 rings (SSSR count). The number of carbonyl (C=O) groups excluding carboxylic acids is 1. The normalized spacial score (nSPS) is 14.2. The van der Waals surface area contributed by atoms with Gasteiger partial charge in [-0.3, -0.25) is 9.59 Å². The molecule has 172 valence electrons. The fourth-order valence-corrected chi connectivity index (χ4v) is 3.85. The first-order valence-corrected chi connectivity index (χ1v) is 10.7. The standard InChI is InChI=1S/C23H20ClF3N4O2/c24-16-7-4-14(5-8-16)20-28-13-17(22(33)30-20)21(32)29-18-12-15(23(25,26)27)6-9-19(18)31-10-2-1-3-11-31/h4-9,12-13H,1-3,10-11H2,(H,29,32)(H,28,30,33). The average molecular weight is 477 g/mol. The van der Waals surface area contributed by atoms with E-state index in [9.17, 15) is 22.8 Å². The van der Waals surface area contributed by atoms with Crippen molar-refractivity contribution >= 4 is 28.9 Å². The molecule has 2 aromatic carbocycles. The lowest BCUT2D eigenvalue weighted by atomic mass is 10.1. The lowest BCUT2D eigenvalue weighted by Crippen LogP contribution is -2.31. The molecule has 1 fully saturated rings. The lowest BCUT2D eigenvalue weighted by molar-refractivity contribution is -0.137. The monoisotopic (exact) mass is 476 g/mol. The molecule has 2 N–H and O–H groups in total. The van der Waals surface area contributed by atoms with E-state index < -0.39 is 23.2 Å². The highest BCUT2D eigenvalue weighted by Gasteiger charge is 2.32. The van der Waals surface area contributed by atoms with E-state index in [0.29, 0.717) is 29.4 Å². The Kier molecular flexibility index (Phi) is 6.42. The summed E-state index contributed by atoms with van der Waals surface area (Å²) in [5.74, 6) is -0.606. The van der Waals surface area contributed by atoms with E-state index in [1.165, 1.54) is 6.07 Å². The van der Waals surface area contributed by atoms with Crippen LogP contribution in [-0.4, -0.2) is 29.0 Å². The smallest absolute Gasteiger partial charge is 0.370 e. The SMILES string of the molecule is O=C(Nc1cc(C(F)(F)F)ccc1N1CCCCC1)c1cnc(-c2ccc(Cl)cc2)[nH]c1=O. The number of halogens is 4. The van der Waals surface area contributed by atoms with Crippen molar-refractivity contribution in [2.24, 2.45) is 0 Å². The largest absolute Gasteiger partial charge is 0.416 e. The van der Waals surface area contributed by atoms with E-state index in [1.807, 2.05) is 4.90 Å². The van der Waals surface area contributed by atoms with Crippen LogP contribution in [0.15, 0.2) is 53.5 Å². The number of nitrogens with one attached hydrogen (secondary N) is 2. The van der Waals surface area contributed by atoms with Gasteiger partial charge in [0.1, 0.15) is 11.4 Å². The van der Waals surface area contributed by atoms with Crippen LogP contribution in [0.1, 0.15) is 35.2 Å². The summed E-state index contributed by atoms with van der Waals surface area (Å²) in [5.41, 5.74) is -0.831. The fraction of sp³-hybridized carbons (Fsp3) is 0.261. The quantitative estimate of drug-likeness (QED) is 0.532. The molecule has 1 aliphatic rings. The van der Waals surface area contributed by atoms with Crippen molar-refractivity contribution in [1.29, 1.82) is 0 Å². The number of hydrogen-bond acceptors (Lipinski definition) is 4. The Bertz CT molecular complexity index is 1220. The molecular formula is C23H20ClF3N4O2. The summed E-state index contributed by atoms with van der Waals surface area (Å²) in [6.07, 6.45) is -0.612. The number of aromatic amines is 1. The highest BCUT2D eigenvalue weighted by molar-refractivity contribution is 6.30. The summed E-state index contributed by atoms with van der Waals surface area (Å²) in [6, 6.07) is 9.83. The molecular weight excluding hydrogens is 457 g/mol. The Morgan fingerprint density at radius 2 is 1.76 bits per heavy atom. The van der Waals surface area contributed by atoms with Gasteiger partial charge in [-0.1, -0.05) is 11.6 Å². The number of aromatic nitrogens is 2. The second-order valence-corrected chi connectivity index (χ2v) is 8.15. The first-order chi connectivity index (χ1) is 15.7. The van der Waals surface area contributed by atoms with Crippen molar-refractivity contribution in [3.63, 3.8) is 0 Å². The topological polar surface area (TPSA) is 78.1 Å². The Labute approximate surface area is 192 Å². The van der Waals surface area contributed by atoms with Crippen LogP contribution < -0.4 is 15.8 Å². The van der Waals surface area contributed by atoms with Crippen LogP contribution in [0, 0.1) is 0 Å². The summed E-state index contributed by atoms with van der Waals surface area (Å²) in [4.78, 5) is 34.0. The molecule has 1 saturated heterocycles. The number of alkyl halides is 3. The second kappa shape index (κ2) is 9.27. The van der Waals surface area contributed by atoms with Gasteiger partial charge in [0, 0.05) is 29.9 Å². The number of hydrogen-bond donors (Lipinski definition) is 2. The summed E-state index contributed by atoms with van der Waals surface area (Å²) in [7, 11) is 0. The van der Waals surface area contributed by atoms with Crippen molar-refractivity contribution in [1.82, 2.24) is 9.97 Å². The van der Waals surface area contributed by atoms with Crippen LogP contribution in [-0.2, 0) is 6.18 Å². The molecule has 0 radical (unpaired) electrons. The van der Waals surface area contributed by atoms with Crippen LogP contribution in [0.25, 0.3) is 11.4 Å². The number of benzene rings is 2. The zero-order valence-corrected chi connectivity index (χ0v) is 18.1. The number of piperidine rings is 1. The maximum atomic E-state index is 13.3. The molecule has 0 saturated carbocycles. The number of anilines is 2. The third kappa shape index (κ3) is 5.19. The van der Waals surface area contributed by atoms with E-state index in [2.05, 4.69) is 15.3 Å². The number of rotatable bonds is 4. The number of carbonyl (C=O) groups is 1. The van der Waals surface area contributed by atoms with Crippen LogP contribution in [0.4, 0.5) is 24.5 Å². The minimum absolute atomic E-state index is 0.00194. The molecule has 0 unspecified atom stereocenters. The van der Waals surface area contributed by atoms with Gasteiger partial charge in [0.25, 0.3) is 11.5 Å². The van der Waals surface area contributed by atoms with Crippen LogP contribution in [0.2, 0.25) is 5.02 Å². The molecule has 1 aliphatic heterocycles. The molecule has 33 heavy (non-hydrogen) atoms. The van der Waals surface area contributed by atoms with Gasteiger partial charge >= 0.3 is 6.18 Å². The van der Waals surface area contributed by atoms with Gasteiger partial charge in [0.2, 0.25) is 0 Å². The van der Waals surface area contributed by atoms with E-state index >= 15 is 0 Å². The van der Waals surface area contributed by atoms with Gasteiger partial charge in [-0.2, -0.15) is 13.2 Å². The van der Waals surface area contributed by atoms with Gasteiger partial charge in [-0.05, 0) is 61.7 Å². The molecule has 0 atom stereocenters. The van der Waals surface area contributed by atoms with Gasteiger partial charge in [0.05, 0.1) is 16.9 Å². The maximum absolute atomic E-state index is 13.3. The van der Waals surface area contributed by atoms with Gasteiger partial charge in [0.15, 0.2) is 0 Å². The molecule has 0 bridgehead atoms. The Balaban J connectivity index is 1.64. The third-order valence-electron chi connectivity index (χ3n) is 5.43. The fourth-order valence-electron chi connectivity index (χ4n) is 3.72. The molecule has 10 heteroatoms. The van der Waals surface area contributed by atoms with Crippen LogP contribution in [0.3, 0.4) is 0 Å². The van der Waals surface area contributed by atoms with E-state index in [1.54, 1.807) is 24.3 Å². The zero-order valence-electron chi connectivity index (χ0n) is 17.4. The zero-order chi connectivity index (χ0) is 23.6. The Morgan fingerprint density at radius 1 is 1.06 bits per heavy atom. The Morgan fingerprint density at radius 3 is 2.39 bits per heavy atom. The van der Waals surface area contributed by atoms with E-state index in [0.717, 1.165) is 37.6 Å². The summed E-state index contributed by atoms with van der Waals surface area (Å²) in [6.45, 7) is 1.35. The predicted octanol–water partition coefficient (Wildman–Crippen LogP) is 5.35. The third-order valence-corrected chi connectivity index (χ3v) is 5.68. The molecule has 0 spiro atoms. The minimum atomic E-state index is -4.57. The molecule has 0 aliphatic carbocycles. The summed E-state index contributed by atoms with van der Waals surface area (Å²) >= 11 is 5.86. The predicted molar refractivity (Wildman–Crippen MR) is 121 cm³/mol. The van der Waals surface area contributed by atoms with Crippen molar-refractivity contribution in [2.75, 3.05) is 23.3 Å². The van der Waals surface area contributed by atoms with Gasteiger partial charge in [-0.15, -0.1) is 0 Å². The first kappa shape index (κ1) is 22.8. The van der Waals surface area contributed by atoms with Crippen LogP contribution in [0.5, 0.6) is 0 Å². The van der Waals surface area contributed by atoms with Gasteiger partial charge in [-0.25, -0.2) is 4.98 Å². The van der Waals surface area contributed by atoms with Crippen molar-refractivity contribution in [2.45, 2.75) is 25.4 Å². The number of amides is 1. The van der Waals surface area contributed by atoms with Crippen molar-refractivity contribution in [3.05, 3.63) is 75.2 Å². The molecule has 1 aromatic heterocycles. The molecule has 2 heterocycles. The van der Waals surface area contributed by atoms with Gasteiger partial charge < -0.3 is 15.2 Å². The maximum Gasteiger partial charge on any atom is 0.416 e. The minimum Gasteiger partial charge on any atom is -0.370 e.